The van der Waals surface area contributed by atoms with Crippen molar-refractivity contribution in [1.29, 1.82) is 0 Å². The summed E-state index contributed by atoms with van der Waals surface area (Å²) in [6.45, 7) is 8.37. The third-order valence-corrected chi connectivity index (χ3v) is 7.57. The average Bonchev–Trinajstić information content (AvgIpc) is 2.95. The first kappa shape index (κ1) is 17.5. The van der Waals surface area contributed by atoms with Crippen LogP contribution in [0.3, 0.4) is 0 Å². The second-order valence-corrected chi connectivity index (χ2v) is 8.77. The Kier molecular flexibility index (Phi) is 4.25. The number of benzene rings is 2. The molecule has 2 heterocycles. The third-order valence-electron chi connectivity index (χ3n) is 5.61. The lowest BCUT2D eigenvalue weighted by Crippen LogP contribution is -3.14. The number of nitrogens with zero attached hydrogens (tertiary/aromatic N) is 2. The Bertz CT molecular complexity index is 979. The van der Waals surface area contributed by atoms with E-state index >= 15 is 0 Å². The topological polar surface area (TPSA) is 62.1 Å². The zero-order chi connectivity index (χ0) is 18.5. The first-order chi connectivity index (χ1) is 12.5. The third kappa shape index (κ3) is 2.46. The Hall–Kier alpha value is -1.96. The highest BCUT2D eigenvalue weighted by Gasteiger charge is 2.34. The molecule has 1 fully saturated rings. The van der Waals surface area contributed by atoms with Crippen LogP contribution in [0.4, 0.5) is 5.69 Å². The van der Waals surface area contributed by atoms with Crippen LogP contribution >= 0.6 is 0 Å². The standard InChI is InChI=1S/C19H23N3O3S/c1-3-20-10-12-21(13-11-20)26(24,25)17-9-8-16-18-14(17)6-5-7-15(18)19(23)22(16)4-2/h5-9H,3-4,10-13H2,1-2H3/p+1. The lowest BCUT2D eigenvalue weighted by Gasteiger charge is -2.31. The quantitative estimate of drug-likeness (QED) is 0.858. The molecule has 138 valence electrons. The maximum Gasteiger partial charge on any atom is 0.258 e. The summed E-state index contributed by atoms with van der Waals surface area (Å²) in [7, 11) is -3.58. The molecule has 2 aromatic rings. The monoisotopic (exact) mass is 374 g/mol. The van der Waals surface area contributed by atoms with E-state index in [2.05, 4.69) is 6.92 Å². The summed E-state index contributed by atoms with van der Waals surface area (Å²) in [6, 6.07) is 8.81. The Labute approximate surface area is 154 Å². The summed E-state index contributed by atoms with van der Waals surface area (Å²) in [5, 5.41) is 1.41. The SMILES string of the molecule is CCN1C(=O)c2cccc3c(S(=O)(=O)N4CC[NH+](CC)CC4)ccc1c23. The molecule has 0 radical (unpaired) electrons. The summed E-state index contributed by atoms with van der Waals surface area (Å²) in [5.74, 6) is -0.0530. The van der Waals surface area contributed by atoms with Crippen molar-refractivity contribution in [2.24, 2.45) is 0 Å². The van der Waals surface area contributed by atoms with Gasteiger partial charge in [0.15, 0.2) is 0 Å². The van der Waals surface area contributed by atoms with Gasteiger partial charge in [-0.3, -0.25) is 4.79 Å². The Morgan fingerprint density at radius 2 is 1.81 bits per heavy atom. The van der Waals surface area contributed by atoms with Gasteiger partial charge in [-0.15, -0.1) is 0 Å². The molecule has 1 N–H and O–H groups in total. The highest BCUT2D eigenvalue weighted by molar-refractivity contribution is 7.89. The smallest absolute Gasteiger partial charge is 0.258 e. The molecular weight excluding hydrogens is 350 g/mol. The normalized spacial score (nSPS) is 18.8. The molecule has 1 saturated heterocycles. The molecular formula is C19H24N3O3S+. The molecule has 4 rings (SSSR count). The highest BCUT2D eigenvalue weighted by atomic mass is 32.2. The van der Waals surface area contributed by atoms with Crippen LogP contribution in [0.1, 0.15) is 24.2 Å². The van der Waals surface area contributed by atoms with E-state index in [1.807, 2.05) is 13.0 Å². The van der Waals surface area contributed by atoms with Crippen molar-refractivity contribution < 1.29 is 18.1 Å². The van der Waals surface area contributed by atoms with Crippen molar-refractivity contribution in [2.75, 3.05) is 44.2 Å². The number of carbonyl (C=O) groups is 1. The Morgan fingerprint density at radius 1 is 1.08 bits per heavy atom. The van der Waals surface area contributed by atoms with Gasteiger partial charge in [-0.05, 0) is 32.0 Å². The number of rotatable bonds is 4. The maximum atomic E-state index is 13.3. The molecule has 0 atom stereocenters. The summed E-state index contributed by atoms with van der Waals surface area (Å²) < 4.78 is 28.2. The van der Waals surface area contributed by atoms with E-state index in [1.54, 1.807) is 33.5 Å². The number of quaternary nitrogens is 1. The van der Waals surface area contributed by atoms with Gasteiger partial charge in [0.25, 0.3) is 5.91 Å². The van der Waals surface area contributed by atoms with Gasteiger partial charge >= 0.3 is 0 Å². The molecule has 26 heavy (non-hydrogen) atoms. The van der Waals surface area contributed by atoms with Gasteiger partial charge in [-0.2, -0.15) is 4.31 Å². The van der Waals surface area contributed by atoms with Gasteiger partial charge in [0.2, 0.25) is 10.0 Å². The van der Waals surface area contributed by atoms with E-state index in [9.17, 15) is 13.2 Å². The fourth-order valence-electron chi connectivity index (χ4n) is 4.09. The minimum Gasteiger partial charge on any atom is -0.333 e. The zero-order valence-corrected chi connectivity index (χ0v) is 16.0. The van der Waals surface area contributed by atoms with E-state index < -0.39 is 10.0 Å². The van der Waals surface area contributed by atoms with Crippen LogP contribution in [0.5, 0.6) is 0 Å². The van der Waals surface area contributed by atoms with E-state index in [0.717, 1.165) is 30.7 Å². The van der Waals surface area contributed by atoms with Crippen LogP contribution in [-0.2, 0) is 10.0 Å². The van der Waals surface area contributed by atoms with Crippen molar-refractivity contribution in [3.8, 4) is 0 Å². The van der Waals surface area contributed by atoms with Crippen LogP contribution < -0.4 is 9.80 Å². The molecule has 0 aliphatic carbocycles. The van der Waals surface area contributed by atoms with Crippen LogP contribution in [0.2, 0.25) is 0 Å². The fraction of sp³-hybridized carbons (Fsp3) is 0.421. The number of anilines is 1. The van der Waals surface area contributed by atoms with Crippen molar-refractivity contribution in [1.82, 2.24) is 4.31 Å². The van der Waals surface area contributed by atoms with E-state index in [-0.39, 0.29) is 5.91 Å². The number of sulfonamides is 1. The number of hydrogen-bond donors (Lipinski definition) is 1. The number of hydrogen-bond acceptors (Lipinski definition) is 3. The summed E-state index contributed by atoms with van der Waals surface area (Å²) in [6.07, 6.45) is 0. The molecule has 1 amide bonds. The number of amides is 1. The molecule has 0 aromatic heterocycles. The largest absolute Gasteiger partial charge is 0.333 e. The van der Waals surface area contributed by atoms with Gasteiger partial charge in [-0.25, -0.2) is 8.42 Å². The second-order valence-electron chi connectivity index (χ2n) is 6.87. The van der Waals surface area contributed by atoms with Crippen molar-refractivity contribution in [2.45, 2.75) is 18.7 Å². The van der Waals surface area contributed by atoms with Gasteiger partial charge in [0.05, 0.1) is 43.3 Å². The molecule has 0 saturated carbocycles. The lowest BCUT2D eigenvalue weighted by molar-refractivity contribution is -0.901. The fourth-order valence-corrected chi connectivity index (χ4v) is 5.72. The molecule has 2 aliphatic rings. The number of piperazine rings is 1. The highest BCUT2D eigenvalue weighted by Crippen LogP contribution is 2.40. The number of carbonyl (C=O) groups excluding carboxylic acids is 1. The van der Waals surface area contributed by atoms with Crippen molar-refractivity contribution >= 4 is 32.4 Å². The molecule has 6 nitrogen and oxygen atoms in total. The molecule has 2 aromatic carbocycles. The number of nitrogens with one attached hydrogen (secondary N) is 1. The second kappa shape index (κ2) is 6.33. The van der Waals surface area contributed by atoms with Crippen LogP contribution in [0, 0.1) is 0 Å². The van der Waals surface area contributed by atoms with Gasteiger partial charge in [0.1, 0.15) is 0 Å². The Balaban J connectivity index is 1.82. The van der Waals surface area contributed by atoms with Crippen molar-refractivity contribution in [3.05, 3.63) is 35.9 Å². The van der Waals surface area contributed by atoms with Gasteiger partial charge < -0.3 is 9.80 Å². The molecule has 2 aliphatic heterocycles. The molecule has 7 heteroatoms. The predicted molar refractivity (Wildman–Crippen MR) is 101 cm³/mol. The van der Waals surface area contributed by atoms with Gasteiger partial charge in [0, 0.05) is 22.9 Å². The first-order valence-electron chi connectivity index (χ1n) is 9.20. The molecule has 0 spiro atoms. The zero-order valence-electron chi connectivity index (χ0n) is 15.2. The predicted octanol–water partition coefficient (Wildman–Crippen LogP) is 0.729. The van der Waals surface area contributed by atoms with Crippen LogP contribution in [0.15, 0.2) is 35.2 Å². The molecule has 0 bridgehead atoms. The van der Waals surface area contributed by atoms with Gasteiger partial charge in [-0.1, -0.05) is 12.1 Å². The average molecular weight is 374 g/mol. The van der Waals surface area contributed by atoms with Crippen LogP contribution in [0.25, 0.3) is 10.8 Å². The minimum absolute atomic E-state index is 0.0530. The van der Waals surface area contributed by atoms with Crippen LogP contribution in [-0.4, -0.2) is 57.9 Å². The van der Waals surface area contributed by atoms with E-state index in [0.29, 0.717) is 35.5 Å². The van der Waals surface area contributed by atoms with E-state index in [1.165, 1.54) is 4.90 Å². The maximum absolute atomic E-state index is 13.3. The Morgan fingerprint density at radius 3 is 2.46 bits per heavy atom. The molecule has 0 unspecified atom stereocenters. The lowest BCUT2D eigenvalue weighted by atomic mass is 10.1. The summed E-state index contributed by atoms with van der Waals surface area (Å²) >= 11 is 0. The summed E-state index contributed by atoms with van der Waals surface area (Å²) in [5.41, 5.74) is 1.40. The summed E-state index contributed by atoms with van der Waals surface area (Å²) in [4.78, 5) is 16.0. The first-order valence-corrected chi connectivity index (χ1v) is 10.6. The minimum atomic E-state index is -3.58. The number of likely N-dealkylation sites (N-methyl/N-ethyl adjacent to an activating group) is 1. The van der Waals surface area contributed by atoms with Crippen molar-refractivity contribution in [3.63, 3.8) is 0 Å². The van der Waals surface area contributed by atoms with E-state index in [4.69, 9.17) is 0 Å².